The second kappa shape index (κ2) is 11.1. The van der Waals surface area contributed by atoms with E-state index >= 15 is 0 Å². The number of nitro benzene ring substituents is 1. The predicted octanol–water partition coefficient (Wildman–Crippen LogP) is 6.04. The summed E-state index contributed by atoms with van der Waals surface area (Å²) in [6.07, 6.45) is 2.26. The van der Waals surface area contributed by atoms with Gasteiger partial charge in [-0.3, -0.25) is 14.9 Å². The van der Waals surface area contributed by atoms with Crippen molar-refractivity contribution in [1.29, 1.82) is 5.26 Å². The van der Waals surface area contributed by atoms with E-state index in [0.29, 0.717) is 27.0 Å². The largest absolute Gasteiger partial charge is 0.488 e. The van der Waals surface area contributed by atoms with Crippen molar-refractivity contribution >= 4 is 39.3 Å². The molecule has 33 heavy (non-hydrogen) atoms. The summed E-state index contributed by atoms with van der Waals surface area (Å²) in [7, 11) is 0. The molecule has 1 amide bonds. The van der Waals surface area contributed by atoms with E-state index in [-0.39, 0.29) is 17.9 Å². The molecular weight excluding hydrogens is 486 g/mol. The van der Waals surface area contributed by atoms with E-state index in [4.69, 9.17) is 4.74 Å². The lowest BCUT2D eigenvalue weighted by atomic mass is 10.1. The molecule has 8 heteroatoms. The number of para-hydroxylation sites is 1. The summed E-state index contributed by atoms with van der Waals surface area (Å²) in [6, 6.07) is 20.8. The summed E-state index contributed by atoms with van der Waals surface area (Å²) in [5.74, 6) is 0.0407. The van der Waals surface area contributed by atoms with Crippen molar-refractivity contribution in [2.75, 3.05) is 5.32 Å². The van der Waals surface area contributed by atoms with Crippen molar-refractivity contribution in [3.63, 3.8) is 0 Å². The van der Waals surface area contributed by atoms with Crippen molar-refractivity contribution in [2.24, 2.45) is 0 Å². The Balaban J connectivity index is 1.72. The Morgan fingerprint density at radius 1 is 1.18 bits per heavy atom. The smallest absolute Gasteiger partial charge is 0.269 e. The van der Waals surface area contributed by atoms with E-state index in [1.54, 1.807) is 36.4 Å². The molecule has 0 aliphatic heterocycles. The zero-order chi connectivity index (χ0) is 23.8. The van der Waals surface area contributed by atoms with E-state index in [2.05, 4.69) is 21.2 Å². The first-order valence-electron chi connectivity index (χ1n) is 10.1. The van der Waals surface area contributed by atoms with Gasteiger partial charge in [-0.1, -0.05) is 43.3 Å². The molecule has 0 spiro atoms. The van der Waals surface area contributed by atoms with Gasteiger partial charge in [0.15, 0.2) is 0 Å². The number of ether oxygens (including phenoxy) is 1. The lowest BCUT2D eigenvalue weighted by Gasteiger charge is -2.10. The third-order valence-electron chi connectivity index (χ3n) is 4.79. The first-order valence-corrected chi connectivity index (χ1v) is 10.9. The fraction of sp³-hybridized carbons (Fsp3) is 0.120. The SMILES string of the molecule is CCc1ccccc1NC(=O)/C(C#N)=C/c1ccc(OCc2cccc([N+](=O)[O-])c2)c(Br)c1. The van der Waals surface area contributed by atoms with E-state index in [9.17, 15) is 20.2 Å². The van der Waals surface area contributed by atoms with Gasteiger partial charge in [-0.25, -0.2) is 0 Å². The number of nitro groups is 1. The van der Waals surface area contributed by atoms with E-state index < -0.39 is 10.8 Å². The van der Waals surface area contributed by atoms with Crippen LogP contribution in [0.15, 0.2) is 76.8 Å². The van der Waals surface area contributed by atoms with E-state index in [1.165, 1.54) is 18.2 Å². The van der Waals surface area contributed by atoms with Gasteiger partial charge in [0.2, 0.25) is 0 Å². The number of rotatable bonds is 8. The van der Waals surface area contributed by atoms with Crippen molar-refractivity contribution < 1.29 is 14.5 Å². The normalized spacial score (nSPS) is 10.9. The van der Waals surface area contributed by atoms with Crippen LogP contribution in [-0.4, -0.2) is 10.8 Å². The Kier molecular flexibility index (Phi) is 7.95. The Morgan fingerprint density at radius 3 is 2.67 bits per heavy atom. The maximum Gasteiger partial charge on any atom is 0.269 e. The van der Waals surface area contributed by atoms with Gasteiger partial charge in [-0.05, 0) is 63.3 Å². The average Bonchev–Trinajstić information content (AvgIpc) is 2.82. The molecule has 0 atom stereocenters. The first kappa shape index (κ1) is 23.7. The minimum atomic E-state index is -0.486. The number of hydrogen-bond acceptors (Lipinski definition) is 5. The monoisotopic (exact) mass is 505 g/mol. The zero-order valence-electron chi connectivity index (χ0n) is 17.7. The number of nitrogens with zero attached hydrogens (tertiary/aromatic N) is 2. The molecular formula is C25H20BrN3O4. The Morgan fingerprint density at radius 2 is 1.97 bits per heavy atom. The molecule has 0 saturated carbocycles. The molecule has 0 aliphatic carbocycles. The number of carbonyl (C=O) groups excluding carboxylic acids is 1. The maximum absolute atomic E-state index is 12.6. The van der Waals surface area contributed by atoms with Crippen molar-refractivity contribution in [3.8, 4) is 11.8 Å². The van der Waals surface area contributed by atoms with Gasteiger partial charge >= 0.3 is 0 Å². The van der Waals surface area contributed by atoms with Crippen molar-refractivity contribution in [3.05, 3.63) is 104 Å². The third kappa shape index (κ3) is 6.28. The fourth-order valence-corrected chi connectivity index (χ4v) is 3.61. The Bertz CT molecular complexity index is 1260. The highest BCUT2D eigenvalue weighted by Gasteiger charge is 2.12. The quantitative estimate of drug-likeness (QED) is 0.174. The second-order valence-corrected chi connectivity index (χ2v) is 7.89. The Hall–Kier alpha value is -3.96. The van der Waals surface area contributed by atoms with Crippen LogP contribution >= 0.6 is 15.9 Å². The molecule has 0 fully saturated rings. The standard InChI is InChI=1S/C25H20BrN3O4/c1-2-19-7-3-4-9-23(19)28-25(30)20(15-27)12-17-10-11-24(22(26)14-17)33-16-18-6-5-8-21(13-18)29(31)32/h3-14H,2,16H2,1H3,(H,28,30)/b20-12+. The van der Waals surface area contributed by atoms with Crippen LogP contribution in [0.3, 0.4) is 0 Å². The molecule has 3 aromatic rings. The zero-order valence-corrected chi connectivity index (χ0v) is 19.3. The molecule has 3 aromatic carbocycles. The van der Waals surface area contributed by atoms with Gasteiger partial charge in [-0.15, -0.1) is 0 Å². The van der Waals surface area contributed by atoms with Gasteiger partial charge in [-0.2, -0.15) is 5.26 Å². The number of nitriles is 1. The van der Waals surface area contributed by atoms with Crippen LogP contribution in [-0.2, 0) is 17.8 Å². The molecule has 0 radical (unpaired) electrons. The third-order valence-corrected chi connectivity index (χ3v) is 5.41. The highest BCUT2D eigenvalue weighted by Crippen LogP contribution is 2.28. The predicted molar refractivity (Wildman–Crippen MR) is 130 cm³/mol. The molecule has 0 saturated heterocycles. The van der Waals surface area contributed by atoms with Gasteiger partial charge in [0.25, 0.3) is 11.6 Å². The minimum absolute atomic E-state index is 0.000444. The van der Waals surface area contributed by atoms with Crippen LogP contribution < -0.4 is 10.1 Å². The van der Waals surface area contributed by atoms with E-state index in [1.807, 2.05) is 31.2 Å². The van der Waals surface area contributed by atoms with Crippen LogP contribution in [0.1, 0.15) is 23.6 Å². The Labute approximate surface area is 199 Å². The summed E-state index contributed by atoms with van der Waals surface area (Å²) in [4.78, 5) is 23.1. The molecule has 1 N–H and O–H groups in total. The second-order valence-electron chi connectivity index (χ2n) is 7.04. The fourth-order valence-electron chi connectivity index (χ4n) is 3.10. The van der Waals surface area contributed by atoms with Crippen LogP contribution in [0.5, 0.6) is 5.75 Å². The first-order chi connectivity index (χ1) is 15.9. The molecule has 0 unspecified atom stereocenters. The molecule has 0 aliphatic rings. The number of nitrogens with one attached hydrogen (secondary N) is 1. The number of hydrogen-bond donors (Lipinski definition) is 1. The van der Waals surface area contributed by atoms with E-state index in [0.717, 1.165) is 12.0 Å². The van der Waals surface area contributed by atoms with Crippen LogP contribution in [0.4, 0.5) is 11.4 Å². The number of amides is 1. The molecule has 0 aromatic heterocycles. The summed E-state index contributed by atoms with van der Waals surface area (Å²) in [5.41, 5.74) is 2.93. The summed E-state index contributed by atoms with van der Waals surface area (Å²) >= 11 is 3.43. The highest BCUT2D eigenvalue weighted by atomic mass is 79.9. The summed E-state index contributed by atoms with van der Waals surface area (Å²) in [5, 5.41) is 23.2. The topological polar surface area (TPSA) is 105 Å². The van der Waals surface area contributed by atoms with Crippen molar-refractivity contribution in [1.82, 2.24) is 0 Å². The number of non-ortho nitro benzene ring substituents is 1. The van der Waals surface area contributed by atoms with Gasteiger partial charge in [0.1, 0.15) is 24.0 Å². The van der Waals surface area contributed by atoms with Gasteiger partial charge < -0.3 is 10.1 Å². The molecule has 0 heterocycles. The average molecular weight is 506 g/mol. The molecule has 166 valence electrons. The maximum atomic E-state index is 12.6. The number of anilines is 1. The highest BCUT2D eigenvalue weighted by molar-refractivity contribution is 9.10. The molecule has 7 nitrogen and oxygen atoms in total. The van der Waals surface area contributed by atoms with Gasteiger partial charge in [0.05, 0.1) is 9.40 Å². The molecule has 0 bridgehead atoms. The lowest BCUT2D eigenvalue weighted by Crippen LogP contribution is -2.14. The van der Waals surface area contributed by atoms with Crippen LogP contribution in [0.2, 0.25) is 0 Å². The van der Waals surface area contributed by atoms with Crippen LogP contribution in [0, 0.1) is 21.4 Å². The lowest BCUT2D eigenvalue weighted by molar-refractivity contribution is -0.384. The van der Waals surface area contributed by atoms with Crippen molar-refractivity contribution in [2.45, 2.75) is 20.0 Å². The summed E-state index contributed by atoms with van der Waals surface area (Å²) < 4.78 is 6.38. The minimum Gasteiger partial charge on any atom is -0.488 e. The van der Waals surface area contributed by atoms with Crippen LogP contribution in [0.25, 0.3) is 6.08 Å². The number of halogens is 1. The number of carbonyl (C=O) groups is 1. The number of benzene rings is 3. The molecule has 3 rings (SSSR count). The summed E-state index contributed by atoms with van der Waals surface area (Å²) in [6.45, 7) is 2.14. The van der Waals surface area contributed by atoms with Gasteiger partial charge in [0, 0.05) is 17.8 Å². The number of aryl methyl sites for hydroxylation is 1.